The number of hydrogen-bond acceptors (Lipinski definition) is 4. The molecule has 146 valence electrons. The van der Waals surface area contributed by atoms with Crippen LogP contribution >= 0.6 is 11.6 Å². The summed E-state index contributed by atoms with van der Waals surface area (Å²) < 4.78 is 43.3. The second kappa shape index (κ2) is 8.71. The fourth-order valence-corrected chi connectivity index (χ4v) is 3.66. The van der Waals surface area contributed by atoms with Crippen LogP contribution < -0.4 is 4.18 Å². The van der Waals surface area contributed by atoms with Gasteiger partial charge in [-0.05, 0) is 55.8 Å². The molecule has 2 aromatic carbocycles. The lowest BCUT2D eigenvalue weighted by molar-refractivity contribution is -0.131. The van der Waals surface area contributed by atoms with Gasteiger partial charge in [0.15, 0.2) is 0 Å². The number of nitrogens with zero attached hydrogens (tertiary/aromatic N) is 1. The maximum Gasteiger partial charge on any atom is 0.339 e. The summed E-state index contributed by atoms with van der Waals surface area (Å²) in [7, 11) is -4.16. The summed E-state index contributed by atoms with van der Waals surface area (Å²) >= 11 is 6.05. The molecule has 2 aromatic rings. The van der Waals surface area contributed by atoms with Crippen molar-refractivity contribution < 1.29 is 21.8 Å². The van der Waals surface area contributed by atoms with Crippen LogP contribution in [0.3, 0.4) is 0 Å². The molecule has 0 heterocycles. The number of carbonyl (C=O) groups is 1. The van der Waals surface area contributed by atoms with Crippen LogP contribution in [-0.2, 0) is 21.5 Å². The lowest BCUT2D eigenvalue weighted by Crippen LogP contribution is -2.36. The van der Waals surface area contributed by atoms with Crippen molar-refractivity contribution in [3.8, 4) is 5.75 Å². The molecule has 27 heavy (non-hydrogen) atoms. The first-order valence-electron chi connectivity index (χ1n) is 8.39. The van der Waals surface area contributed by atoms with Gasteiger partial charge in [-0.3, -0.25) is 4.79 Å². The number of hydrogen-bond donors (Lipinski definition) is 0. The standard InChI is InChI=1S/C19H21ClFNO4S/c1-4-13(2)22(14(3)23)12-15-11-16(20)5-10-19(15)26-27(24,25)18-8-6-17(21)7-9-18/h5-11,13H,4,12H2,1-3H3/t13-/m1/s1. The third-order valence-corrected chi connectivity index (χ3v) is 5.68. The van der Waals surface area contributed by atoms with Gasteiger partial charge in [0.25, 0.3) is 0 Å². The van der Waals surface area contributed by atoms with Gasteiger partial charge in [-0.2, -0.15) is 8.42 Å². The summed E-state index contributed by atoms with van der Waals surface area (Å²) in [6, 6.07) is 8.80. The van der Waals surface area contributed by atoms with Gasteiger partial charge >= 0.3 is 10.1 Å². The van der Waals surface area contributed by atoms with Crippen molar-refractivity contribution >= 4 is 27.6 Å². The Morgan fingerprint density at radius 1 is 1.22 bits per heavy atom. The molecule has 0 aliphatic heterocycles. The Labute approximate surface area is 163 Å². The van der Waals surface area contributed by atoms with Crippen molar-refractivity contribution in [2.24, 2.45) is 0 Å². The lowest BCUT2D eigenvalue weighted by Gasteiger charge is -2.28. The number of carbonyl (C=O) groups excluding carboxylic acids is 1. The van der Waals surface area contributed by atoms with E-state index in [4.69, 9.17) is 15.8 Å². The highest BCUT2D eigenvalue weighted by molar-refractivity contribution is 7.87. The quantitative estimate of drug-likeness (QED) is 0.631. The highest BCUT2D eigenvalue weighted by atomic mass is 35.5. The molecule has 0 spiro atoms. The Morgan fingerprint density at radius 2 is 1.85 bits per heavy atom. The van der Waals surface area contributed by atoms with Crippen molar-refractivity contribution in [3.63, 3.8) is 0 Å². The van der Waals surface area contributed by atoms with Crippen LogP contribution in [0.4, 0.5) is 4.39 Å². The van der Waals surface area contributed by atoms with E-state index in [-0.39, 0.29) is 29.1 Å². The minimum Gasteiger partial charge on any atom is -0.379 e. The summed E-state index contributed by atoms with van der Waals surface area (Å²) in [6.45, 7) is 5.46. The third-order valence-electron chi connectivity index (χ3n) is 4.19. The summed E-state index contributed by atoms with van der Waals surface area (Å²) in [5.74, 6) is -0.623. The van der Waals surface area contributed by atoms with E-state index in [1.165, 1.54) is 19.1 Å². The number of halogens is 2. The van der Waals surface area contributed by atoms with Gasteiger partial charge in [-0.1, -0.05) is 18.5 Å². The Bertz CT molecular complexity index is 916. The lowest BCUT2D eigenvalue weighted by atomic mass is 10.1. The van der Waals surface area contributed by atoms with Crippen LogP contribution in [-0.4, -0.2) is 25.3 Å². The van der Waals surface area contributed by atoms with E-state index in [0.29, 0.717) is 10.6 Å². The average Bonchev–Trinajstić information content (AvgIpc) is 2.61. The van der Waals surface area contributed by atoms with Crippen molar-refractivity contribution in [1.82, 2.24) is 4.90 Å². The van der Waals surface area contributed by atoms with E-state index in [0.717, 1.165) is 30.7 Å². The zero-order chi connectivity index (χ0) is 20.2. The fraction of sp³-hybridized carbons (Fsp3) is 0.316. The second-order valence-electron chi connectivity index (χ2n) is 6.15. The second-order valence-corrected chi connectivity index (χ2v) is 8.13. The average molecular weight is 414 g/mol. The SMILES string of the molecule is CC[C@@H](C)N(Cc1cc(Cl)ccc1OS(=O)(=O)c1ccc(F)cc1)C(C)=O. The minimum absolute atomic E-state index is 0.0389. The van der Waals surface area contributed by atoms with Crippen LogP contribution in [0.15, 0.2) is 47.4 Å². The van der Waals surface area contributed by atoms with Gasteiger partial charge in [0.2, 0.25) is 5.91 Å². The first-order valence-corrected chi connectivity index (χ1v) is 10.2. The minimum atomic E-state index is -4.16. The number of rotatable bonds is 7. The van der Waals surface area contributed by atoms with E-state index in [1.807, 2.05) is 13.8 Å². The van der Waals surface area contributed by atoms with Crippen LogP contribution in [0.25, 0.3) is 0 Å². The molecule has 1 atom stereocenters. The molecule has 0 aromatic heterocycles. The van der Waals surface area contributed by atoms with Crippen LogP contribution in [0.5, 0.6) is 5.75 Å². The molecule has 0 aliphatic carbocycles. The Kier molecular flexibility index (Phi) is 6.84. The predicted octanol–water partition coefficient (Wildman–Crippen LogP) is 4.39. The van der Waals surface area contributed by atoms with Gasteiger partial charge in [0.1, 0.15) is 16.5 Å². The maximum atomic E-state index is 13.1. The Hall–Kier alpha value is -2.12. The molecule has 0 unspecified atom stereocenters. The molecule has 0 N–H and O–H groups in total. The molecule has 0 fully saturated rings. The first kappa shape index (κ1) is 21.2. The maximum absolute atomic E-state index is 13.1. The molecular formula is C19H21ClFNO4S. The normalized spacial score (nSPS) is 12.5. The summed E-state index contributed by atoms with van der Waals surface area (Å²) in [6.07, 6.45) is 0.740. The van der Waals surface area contributed by atoms with Gasteiger partial charge in [-0.15, -0.1) is 0 Å². The van der Waals surface area contributed by atoms with Crippen LogP contribution in [0.1, 0.15) is 32.8 Å². The number of amides is 1. The highest BCUT2D eigenvalue weighted by Gasteiger charge is 2.22. The third kappa shape index (κ3) is 5.43. The highest BCUT2D eigenvalue weighted by Crippen LogP contribution is 2.28. The molecule has 0 radical (unpaired) electrons. The summed E-state index contributed by atoms with van der Waals surface area (Å²) in [4.78, 5) is 13.4. The van der Waals surface area contributed by atoms with Crippen molar-refractivity contribution in [1.29, 1.82) is 0 Å². The topological polar surface area (TPSA) is 63.7 Å². The van der Waals surface area contributed by atoms with Crippen LogP contribution in [0.2, 0.25) is 5.02 Å². The molecule has 2 rings (SSSR count). The zero-order valence-corrected chi connectivity index (χ0v) is 16.8. The van der Waals surface area contributed by atoms with E-state index in [2.05, 4.69) is 0 Å². The monoisotopic (exact) mass is 413 g/mol. The van der Waals surface area contributed by atoms with E-state index in [1.54, 1.807) is 11.0 Å². The van der Waals surface area contributed by atoms with Gasteiger partial charge < -0.3 is 9.08 Å². The van der Waals surface area contributed by atoms with E-state index in [9.17, 15) is 17.6 Å². The molecule has 5 nitrogen and oxygen atoms in total. The number of benzene rings is 2. The molecule has 0 saturated heterocycles. The Balaban J connectivity index is 2.37. The molecular weight excluding hydrogens is 393 g/mol. The summed E-state index contributed by atoms with van der Waals surface area (Å²) in [5, 5.41) is 0.393. The van der Waals surface area contributed by atoms with Crippen molar-refractivity contribution in [2.75, 3.05) is 0 Å². The molecule has 0 aliphatic rings. The summed E-state index contributed by atoms with van der Waals surface area (Å²) in [5.41, 5.74) is 0.462. The smallest absolute Gasteiger partial charge is 0.339 e. The van der Waals surface area contributed by atoms with Gasteiger partial charge in [-0.25, -0.2) is 4.39 Å². The van der Waals surface area contributed by atoms with Gasteiger partial charge in [0.05, 0.1) is 0 Å². The molecule has 0 bridgehead atoms. The first-order chi connectivity index (χ1) is 12.6. The predicted molar refractivity (Wildman–Crippen MR) is 102 cm³/mol. The van der Waals surface area contributed by atoms with Crippen LogP contribution in [0, 0.1) is 5.82 Å². The van der Waals surface area contributed by atoms with E-state index < -0.39 is 15.9 Å². The van der Waals surface area contributed by atoms with Crippen molar-refractivity contribution in [3.05, 3.63) is 58.9 Å². The molecule has 8 heteroatoms. The molecule has 0 saturated carbocycles. The largest absolute Gasteiger partial charge is 0.379 e. The van der Waals surface area contributed by atoms with E-state index >= 15 is 0 Å². The fourth-order valence-electron chi connectivity index (χ4n) is 2.50. The zero-order valence-electron chi connectivity index (χ0n) is 15.3. The molecule has 1 amide bonds. The van der Waals surface area contributed by atoms with Crippen molar-refractivity contribution in [2.45, 2.75) is 44.7 Å². The van der Waals surface area contributed by atoms with Gasteiger partial charge in [0, 0.05) is 30.1 Å². The Morgan fingerprint density at radius 3 is 2.41 bits per heavy atom.